The quantitative estimate of drug-likeness (QED) is 0.780. The van der Waals surface area contributed by atoms with Gasteiger partial charge in [-0.15, -0.1) is 0 Å². The van der Waals surface area contributed by atoms with Gasteiger partial charge in [0.15, 0.2) is 11.4 Å². The van der Waals surface area contributed by atoms with Crippen molar-refractivity contribution in [2.24, 2.45) is 0 Å². The zero-order valence-electron chi connectivity index (χ0n) is 10.9. The molecule has 1 aromatic carbocycles. The molecule has 0 aliphatic heterocycles. The highest BCUT2D eigenvalue weighted by Crippen LogP contribution is 2.31. The monoisotopic (exact) mass is 278 g/mol. The van der Waals surface area contributed by atoms with Crippen LogP contribution in [0.25, 0.3) is 0 Å². The van der Waals surface area contributed by atoms with Gasteiger partial charge in [0.05, 0.1) is 10.6 Å². The molecule has 0 bridgehead atoms. The van der Waals surface area contributed by atoms with Crippen LogP contribution in [0.15, 0.2) is 24.3 Å². The van der Waals surface area contributed by atoms with Gasteiger partial charge in [0.2, 0.25) is 0 Å². The van der Waals surface area contributed by atoms with Crippen LogP contribution >= 0.6 is 11.3 Å². The Kier molecular flexibility index (Phi) is 4.27. The lowest BCUT2D eigenvalue weighted by molar-refractivity contribution is 0.112. The first-order valence-corrected chi connectivity index (χ1v) is 6.99. The molecule has 0 spiro atoms. The van der Waals surface area contributed by atoms with E-state index in [0.29, 0.717) is 17.8 Å². The van der Waals surface area contributed by atoms with Gasteiger partial charge < -0.3 is 4.90 Å². The van der Waals surface area contributed by atoms with E-state index >= 15 is 0 Å². The van der Waals surface area contributed by atoms with E-state index in [1.165, 1.54) is 23.5 Å². The van der Waals surface area contributed by atoms with E-state index in [1.54, 1.807) is 6.07 Å². The molecule has 5 heteroatoms. The predicted octanol–water partition coefficient (Wildman–Crippen LogP) is 3.82. The number of nitrogens with zero attached hydrogens (tertiary/aromatic N) is 2. The molecule has 0 amide bonds. The van der Waals surface area contributed by atoms with E-state index in [-0.39, 0.29) is 5.82 Å². The Morgan fingerprint density at radius 1 is 1.42 bits per heavy atom. The Hall–Kier alpha value is -1.75. The molecule has 19 heavy (non-hydrogen) atoms. The first-order chi connectivity index (χ1) is 9.19. The zero-order valence-corrected chi connectivity index (χ0v) is 11.7. The van der Waals surface area contributed by atoms with Crippen molar-refractivity contribution >= 4 is 28.4 Å². The van der Waals surface area contributed by atoms with Crippen molar-refractivity contribution in [3.8, 4) is 0 Å². The number of carbonyl (C=O) groups is 1. The highest BCUT2D eigenvalue weighted by Gasteiger charge is 2.15. The molecule has 0 fully saturated rings. The van der Waals surface area contributed by atoms with Crippen LogP contribution in [0.1, 0.15) is 29.2 Å². The van der Waals surface area contributed by atoms with Gasteiger partial charge in [0.1, 0.15) is 5.82 Å². The maximum Gasteiger partial charge on any atom is 0.190 e. The van der Waals surface area contributed by atoms with Crippen LogP contribution in [0.3, 0.4) is 0 Å². The zero-order chi connectivity index (χ0) is 13.8. The van der Waals surface area contributed by atoms with Crippen molar-refractivity contribution < 1.29 is 9.18 Å². The lowest BCUT2D eigenvalue weighted by atomic mass is 10.3. The van der Waals surface area contributed by atoms with E-state index in [0.717, 1.165) is 22.8 Å². The minimum absolute atomic E-state index is 0.279. The SMILES string of the molecule is CCc1nc(N(CC)c2cccc(F)c2)sc1C=O. The second kappa shape index (κ2) is 5.93. The highest BCUT2D eigenvalue weighted by atomic mass is 32.1. The number of aryl methyl sites for hydroxylation is 1. The Bertz CT molecular complexity index is 583. The molecule has 2 aromatic rings. The number of aromatic nitrogens is 1. The molecule has 100 valence electrons. The van der Waals surface area contributed by atoms with Crippen LogP contribution in [0, 0.1) is 5.82 Å². The van der Waals surface area contributed by atoms with Gasteiger partial charge in [-0.05, 0) is 31.5 Å². The van der Waals surface area contributed by atoms with E-state index in [4.69, 9.17) is 0 Å². The molecule has 0 saturated heterocycles. The van der Waals surface area contributed by atoms with Gasteiger partial charge in [-0.3, -0.25) is 4.79 Å². The van der Waals surface area contributed by atoms with Crippen LogP contribution < -0.4 is 4.90 Å². The van der Waals surface area contributed by atoms with Crippen LogP contribution in [-0.2, 0) is 6.42 Å². The van der Waals surface area contributed by atoms with Gasteiger partial charge in [0.25, 0.3) is 0 Å². The summed E-state index contributed by atoms with van der Waals surface area (Å²) in [6.07, 6.45) is 1.55. The van der Waals surface area contributed by atoms with Gasteiger partial charge in [0, 0.05) is 12.2 Å². The van der Waals surface area contributed by atoms with E-state index in [1.807, 2.05) is 24.8 Å². The standard InChI is InChI=1S/C14H15FN2OS/c1-3-12-13(9-18)19-14(16-12)17(4-2)11-7-5-6-10(15)8-11/h5-9H,3-4H2,1-2H3. The van der Waals surface area contributed by atoms with Crippen molar-refractivity contribution in [2.75, 3.05) is 11.4 Å². The third kappa shape index (κ3) is 2.81. The third-order valence-corrected chi connectivity index (χ3v) is 3.87. The Labute approximate surface area is 115 Å². The first-order valence-electron chi connectivity index (χ1n) is 6.17. The Balaban J connectivity index is 2.42. The number of hydrogen-bond donors (Lipinski definition) is 0. The number of hydrogen-bond acceptors (Lipinski definition) is 4. The summed E-state index contributed by atoms with van der Waals surface area (Å²) < 4.78 is 13.3. The lowest BCUT2D eigenvalue weighted by Gasteiger charge is -2.19. The van der Waals surface area contributed by atoms with Crippen LogP contribution in [-0.4, -0.2) is 17.8 Å². The van der Waals surface area contributed by atoms with Gasteiger partial charge in [-0.25, -0.2) is 9.37 Å². The molecule has 1 aromatic heterocycles. The fourth-order valence-corrected chi connectivity index (χ4v) is 2.94. The minimum atomic E-state index is -0.279. The smallest absolute Gasteiger partial charge is 0.190 e. The van der Waals surface area contributed by atoms with E-state index < -0.39 is 0 Å². The van der Waals surface area contributed by atoms with E-state index in [9.17, 15) is 9.18 Å². The summed E-state index contributed by atoms with van der Waals surface area (Å²) in [6.45, 7) is 4.60. The molecule has 3 nitrogen and oxygen atoms in total. The topological polar surface area (TPSA) is 33.2 Å². The summed E-state index contributed by atoms with van der Waals surface area (Å²) in [5.41, 5.74) is 1.54. The number of halogens is 1. The van der Waals surface area contributed by atoms with Crippen molar-refractivity contribution in [3.05, 3.63) is 40.7 Å². The molecule has 0 radical (unpaired) electrons. The number of benzene rings is 1. The average molecular weight is 278 g/mol. The molecule has 0 aliphatic carbocycles. The van der Waals surface area contributed by atoms with Gasteiger partial charge in [-0.1, -0.05) is 24.3 Å². The minimum Gasteiger partial charge on any atom is -0.318 e. The molecule has 0 saturated carbocycles. The highest BCUT2D eigenvalue weighted by molar-refractivity contribution is 7.17. The fourth-order valence-electron chi connectivity index (χ4n) is 1.88. The number of anilines is 2. The third-order valence-electron chi connectivity index (χ3n) is 2.83. The maximum absolute atomic E-state index is 13.3. The van der Waals surface area contributed by atoms with Crippen molar-refractivity contribution in [3.63, 3.8) is 0 Å². The van der Waals surface area contributed by atoms with Crippen LogP contribution in [0.4, 0.5) is 15.2 Å². The lowest BCUT2D eigenvalue weighted by Crippen LogP contribution is -2.15. The summed E-state index contributed by atoms with van der Waals surface area (Å²) in [6, 6.07) is 6.38. The normalized spacial score (nSPS) is 10.5. The summed E-state index contributed by atoms with van der Waals surface area (Å²) in [7, 11) is 0. The van der Waals surface area contributed by atoms with Crippen molar-refractivity contribution in [2.45, 2.75) is 20.3 Å². The fraction of sp³-hybridized carbons (Fsp3) is 0.286. The summed E-state index contributed by atoms with van der Waals surface area (Å²) >= 11 is 1.34. The average Bonchev–Trinajstić information content (AvgIpc) is 2.83. The molecule has 0 N–H and O–H groups in total. The van der Waals surface area contributed by atoms with E-state index in [2.05, 4.69) is 4.98 Å². The summed E-state index contributed by atoms with van der Waals surface area (Å²) in [5.74, 6) is -0.279. The number of rotatable bonds is 5. The second-order valence-corrected chi connectivity index (χ2v) is 5.01. The molecule has 0 atom stereocenters. The number of thiazole rings is 1. The summed E-state index contributed by atoms with van der Waals surface area (Å²) in [4.78, 5) is 18.0. The molecule has 2 rings (SSSR count). The van der Waals surface area contributed by atoms with Crippen molar-refractivity contribution in [1.82, 2.24) is 4.98 Å². The van der Waals surface area contributed by atoms with Crippen molar-refractivity contribution in [1.29, 1.82) is 0 Å². The largest absolute Gasteiger partial charge is 0.318 e. The number of carbonyl (C=O) groups excluding carboxylic acids is 1. The molecule has 0 aliphatic rings. The van der Waals surface area contributed by atoms with Gasteiger partial charge >= 0.3 is 0 Å². The maximum atomic E-state index is 13.3. The number of aldehydes is 1. The Morgan fingerprint density at radius 3 is 2.74 bits per heavy atom. The second-order valence-electron chi connectivity index (χ2n) is 4.00. The Morgan fingerprint density at radius 2 is 2.21 bits per heavy atom. The first kappa shape index (κ1) is 13.7. The molecule has 1 heterocycles. The van der Waals surface area contributed by atoms with Gasteiger partial charge in [-0.2, -0.15) is 0 Å². The molecular weight excluding hydrogens is 263 g/mol. The molecule has 0 unspecified atom stereocenters. The van der Waals surface area contributed by atoms with Crippen LogP contribution in [0.5, 0.6) is 0 Å². The predicted molar refractivity (Wildman–Crippen MR) is 76.0 cm³/mol. The summed E-state index contributed by atoms with van der Waals surface area (Å²) in [5, 5.41) is 0.729. The molecular formula is C14H15FN2OS. The van der Waals surface area contributed by atoms with Crippen LogP contribution in [0.2, 0.25) is 0 Å².